The fourth-order valence-corrected chi connectivity index (χ4v) is 3.40. The molecule has 0 saturated carbocycles. The molecule has 1 aromatic carbocycles. The Bertz CT molecular complexity index is 813. The maximum Gasteiger partial charge on any atom is 0.310 e. The van der Waals surface area contributed by atoms with Crippen LogP contribution in [0.5, 0.6) is 0 Å². The second-order valence-electron chi connectivity index (χ2n) is 6.65. The van der Waals surface area contributed by atoms with E-state index >= 15 is 0 Å². The van der Waals surface area contributed by atoms with Crippen LogP contribution >= 0.6 is 0 Å². The van der Waals surface area contributed by atoms with E-state index in [2.05, 4.69) is 0 Å². The molecule has 27 heavy (non-hydrogen) atoms. The van der Waals surface area contributed by atoms with Crippen molar-refractivity contribution in [1.29, 1.82) is 0 Å². The zero-order valence-corrected chi connectivity index (χ0v) is 15.5. The fraction of sp³-hybridized carbons (Fsp3) is 0.381. The number of aromatic nitrogens is 1. The summed E-state index contributed by atoms with van der Waals surface area (Å²) < 4.78 is 6.76. The van der Waals surface area contributed by atoms with E-state index in [1.54, 1.807) is 46.9 Å². The summed E-state index contributed by atoms with van der Waals surface area (Å²) in [6.07, 6.45) is 3.25. The molecular weight excluding hydrogens is 344 g/mol. The van der Waals surface area contributed by atoms with Crippen LogP contribution in [0.2, 0.25) is 0 Å². The van der Waals surface area contributed by atoms with Gasteiger partial charge in [0.1, 0.15) is 6.54 Å². The molecule has 3 rings (SSSR count). The van der Waals surface area contributed by atoms with E-state index in [0.29, 0.717) is 31.0 Å². The number of carbonyl (C=O) groups excluding carboxylic acids is 3. The molecule has 2 heterocycles. The Hall–Kier alpha value is -2.89. The first kappa shape index (κ1) is 18.9. The first-order chi connectivity index (χ1) is 13.1. The van der Waals surface area contributed by atoms with Crippen molar-refractivity contribution in [3.8, 4) is 0 Å². The lowest BCUT2D eigenvalue weighted by atomic mass is 9.98. The van der Waals surface area contributed by atoms with Gasteiger partial charge in [0, 0.05) is 24.8 Å². The van der Waals surface area contributed by atoms with Crippen molar-refractivity contribution in [1.82, 2.24) is 9.47 Å². The summed E-state index contributed by atoms with van der Waals surface area (Å²) in [6.45, 7) is 3.20. The molecule has 2 aromatic rings. The highest BCUT2D eigenvalue weighted by atomic mass is 16.5. The lowest BCUT2D eigenvalue weighted by Gasteiger charge is -2.31. The van der Waals surface area contributed by atoms with Crippen LogP contribution in [0.3, 0.4) is 0 Å². The Morgan fingerprint density at radius 3 is 2.63 bits per heavy atom. The number of nitrogens with zero attached hydrogens (tertiary/aromatic N) is 2. The molecule has 1 saturated heterocycles. The quantitative estimate of drug-likeness (QED) is 0.580. The van der Waals surface area contributed by atoms with Crippen molar-refractivity contribution >= 4 is 17.7 Å². The zero-order valence-electron chi connectivity index (χ0n) is 15.5. The molecule has 0 N–H and O–H groups in total. The van der Waals surface area contributed by atoms with E-state index in [0.717, 1.165) is 12.8 Å². The zero-order chi connectivity index (χ0) is 19.2. The SMILES string of the molecule is CCOC(=O)[C@@H]1CCCN(C(=O)Cn2cccc2C(=O)c2ccccc2)C1. The van der Waals surface area contributed by atoms with E-state index in [4.69, 9.17) is 4.74 Å². The van der Waals surface area contributed by atoms with Crippen molar-refractivity contribution in [3.05, 3.63) is 59.9 Å². The highest BCUT2D eigenvalue weighted by Crippen LogP contribution is 2.19. The lowest BCUT2D eigenvalue weighted by molar-refractivity contribution is -0.151. The number of esters is 1. The van der Waals surface area contributed by atoms with Crippen LogP contribution < -0.4 is 0 Å². The van der Waals surface area contributed by atoms with Gasteiger partial charge in [-0.3, -0.25) is 14.4 Å². The van der Waals surface area contributed by atoms with Gasteiger partial charge in [-0.05, 0) is 31.9 Å². The van der Waals surface area contributed by atoms with Crippen molar-refractivity contribution < 1.29 is 19.1 Å². The van der Waals surface area contributed by atoms with Crippen LogP contribution in [0.1, 0.15) is 35.8 Å². The minimum atomic E-state index is -0.266. The van der Waals surface area contributed by atoms with Crippen LogP contribution in [-0.2, 0) is 20.9 Å². The molecule has 0 spiro atoms. The molecule has 1 amide bonds. The smallest absolute Gasteiger partial charge is 0.310 e. The Morgan fingerprint density at radius 2 is 1.89 bits per heavy atom. The molecule has 0 bridgehead atoms. The van der Waals surface area contributed by atoms with Crippen LogP contribution in [-0.4, -0.2) is 46.8 Å². The lowest BCUT2D eigenvalue weighted by Crippen LogP contribution is -2.44. The fourth-order valence-electron chi connectivity index (χ4n) is 3.40. The van der Waals surface area contributed by atoms with Gasteiger partial charge in [-0.2, -0.15) is 0 Å². The molecule has 0 aliphatic carbocycles. The van der Waals surface area contributed by atoms with E-state index in [-0.39, 0.29) is 30.1 Å². The molecule has 6 nitrogen and oxygen atoms in total. The number of benzene rings is 1. The number of amides is 1. The van der Waals surface area contributed by atoms with Crippen LogP contribution in [0.4, 0.5) is 0 Å². The summed E-state index contributed by atoms with van der Waals surface area (Å²) in [6, 6.07) is 12.5. The van der Waals surface area contributed by atoms with Crippen molar-refractivity contribution in [2.45, 2.75) is 26.3 Å². The average molecular weight is 368 g/mol. The summed E-state index contributed by atoms with van der Waals surface area (Å²) in [5.74, 6) is -0.715. The first-order valence-electron chi connectivity index (χ1n) is 9.29. The van der Waals surface area contributed by atoms with E-state index in [9.17, 15) is 14.4 Å². The topological polar surface area (TPSA) is 68.6 Å². The number of hydrogen-bond donors (Lipinski definition) is 0. The molecule has 1 aromatic heterocycles. The minimum absolute atomic E-state index is 0.0798. The summed E-state index contributed by atoms with van der Waals surface area (Å²) >= 11 is 0. The number of ketones is 1. The summed E-state index contributed by atoms with van der Waals surface area (Å²) in [7, 11) is 0. The molecule has 6 heteroatoms. The number of piperidine rings is 1. The maximum atomic E-state index is 12.7. The molecule has 0 radical (unpaired) electrons. The van der Waals surface area contributed by atoms with Gasteiger partial charge < -0.3 is 14.2 Å². The van der Waals surface area contributed by atoms with Gasteiger partial charge >= 0.3 is 5.97 Å². The van der Waals surface area contributed by atoms with Gasteiger partial charge in [-0.15, -0.1) is 0 Å². The monoisotopic (exact) mass is 368 g/mol. The van der Waals surface area contributed by atoms with Gasteiger partial charge in [0.15, 0.2) is 0 Å². The molecular formula is C21H24N2O4. The van der Waals surface area contributed by atoms with Gasteiger partial charge in [0.05, 0.1) is 18.2 Å². The number of hydrogen-bond acceptors (Lipinski definition) is 4. The van der Waals surface area contributed by atoms with Crippen LogP contribution in [0, 0.1) is 5.92 Å². The second-order valence-corrected chi connectivity index (χ2v) is 6.65. The molecule has 1 atom stereocenters. The van der Waals surface area contributed by atoms with Crippen molar-refractivity contribution in [2.75, 3.05) is 19.7 Å². The predicted octanol–water partition coefficient (Wildman–Crippen LogP) is 2.52. The Labute approximate surface area is 158 Å². The molecule has 142 valence electrons. The highest BCUT2D eigenvalue weighted by molar-refractivity contribution is 6.08. The van der Waals surface area contributed by atoms with Crippen molar-refractivity contribution in [2.24, 2.45) is 5.92 Å². The maximum absolute atomic E-state index is 12.7. The molecule has 1 aliphatic heterocycles. The van der Waals surface area contributed by atoms with Gasteiger partial charge in [-0.25, -0.2) is 0 Å². The molecule has 1 aliphatic rings. The predicted molar refractivity (Wildman–Crippen MR) is 100 cm³/mol. The summed E-state index contributed by atoms with van der Waals surface area (Å²) in [5.41, 5.74) is 1.07. The van der Waals surface area contributed by atoms with Gasteiger partial charge in [0.25, 0.3) is 0 Å². The number of carbonyl (C=O) groups is 3. The molecule has 1 fully saturated rings. The first-order valence-corrected chi connectivity index (χ1v) is 9.29. The van der Waals surface area contributed by atoms with Crippen LogP contribution in [0.25, 0.3) is 0 Å². The Balaban J connectivity index is 1.67. The highest BCUT2D eigenvalue weighted by Gasteiger charge is 2.29. The number of ether oxygens (including phenoxy) is 1. The normalized spacial score (nSPS) is 16.8. The third-order valence-electron chi connectivity index (χ3n) is 4.80. The third-order valence-corrected chi connectivity index (χ3v) is 4.80. The summed E-state index contributed by atoms with van der Waals surface area (Å²) in [5, 5.41) is 0. The molecule has 0 unspecified atom stereocenters. The number of rotatable bonds is 6. The Morgan fingerprint density at radius 1 is 1.11 bits per heavy atom. The van der Waals surface area contributed by atoms with Crippen LogP contribution in [0.15, 0.2) is 48.7 Å². The average Bonchev–Trinajstić information content (AvgIpc) is 3.16. The van der Waals surface area contributed by atoms with E-state index in [1.165, 1.54) is 0 Å². The largest absolute Gasteiger partial charge is 0.466 e. The third kappa shape index (κ3) is 4.45. The standard InChI is InChI=1S/C21H24N2O4/c1-2-27-21(26)17-10-6-13-23(14-17)19(24)15-22-12-7-11-18(22)20(25)16-8-4-3-5-9-16/h3-5,7-9,11-12,17H,2,6,10,13-15H2,1H3/t17-/m1/s1. The number of likely N-dealkylation sites (tertiary alicyclic amines) is 1. The van der Waals surface area contributed by atoms with Crippen molar-refractivity contribution in [3.63, 3.8) is 0 Å². The minimum Gasteiger partial charge on any atom is -0.466 e. The van der Waals surface area contributed by atoms with E-state index < -0.39 is 0 Å². The van der Waals surface area contributed by atoms with Gasteiger partial charge in [-0.1, -0.05) is 30.3 Å². The second kappa shape index (κ2) is 8.66. The summed E-state index contributed by atoms with van der Waals surface area (Å²) in [4.78, 5) is 39.1. The van der Waals surface area contributed by atoms with E-state index in [1.807, 2.05) is 18.2 Å². The Kier molecular flexibility index (Phi) is 6.06. The van der Waals surface area contributed by atoms with Gasteiger partial charge in [0.2, 0.25) is 11.7 Å².